The molecule has 1 atom stereocenters. The first-order chi connectivity index (χ1) is 15.8. The molecule has 2 amide bonds. The number of hydrogen-bond donors (Lipinski definition) is 2. The van der Waals surface area contributed by atoms with Gasteiger partial charge in [0.2, 0.25) is 5.91 Å². The van der Waals surface area contributed by atoms with Crippen LogP contribution in [0.3, 0.4) is 0 Å². The quantitative estimate of drug-likeness (QED) is 0.381. The van der Waals surface area contributed by atoms with E-state index in [1.54, 1.807) is 24.3 Å². The molecule has 3 aromatic carbocycles. The highest BCUT2D eigenvalue weighted by molar-refractivity contribution is 8.00. The molecule has 0 aliphatic carbocycles. The highest BCUT2D eigenvalue weighted by Gasteiger charge is 2.18. The molecule has 0 aromatic heterocycles. The van der Waals surface area contributed by atoms with E-state index in [1.807, 2.05) is 50.2 Å². The standard InChI is InChI=1S/C25H25ClN2O4S/c1-15-5-7-17(8-6-15)25(30)27-18-9-11-19(12-10-18)33-16(2)24(29)28-21-13-20(26)22(31-3)14-23(21)32-4/h5-14,16H,1-4H3,(H,27,30)(H,28,29). The normalized spacial score (nSPS) is 11.4. The Morgan fingerprint density at radius 3 is 2.15 bits per heavy atom. The SMILES string of the molecule is COc1cc(OC)c(NC(=O)C(C)Sc2ccc(NC(=O)c3ccc(C)cc3)cc2)cc1Cl. The van der Waals surface area contributed by atoms with E-state index < -0.39 is 0 Å². The van der Waals surface area contributed by atoms with Crippen molar-refractivity contribution in [2.45, 2.75) is 24.0 Å². The molecule has 1 unspecified atom stereocenters. The smallest absolute Gasteiger partial charge is 0.255 e. The van der Waals surface area contributed by atoms with Crippen LogP contribution in [0.2, 0.25) is 5.02 Å². The van der Waals surface area contributed by atoms with Crippen LogP contribution in [0, 0.1) is 6.92 Å². The van der Waals surface area contributed by atoms with E-state index in [0.29, 0.717) is 33.5 Å². The van der Waals surface area contributed by atoms with Gasteiger partial charge in [-0.05, 0) is 56.3 Å². The summed E-state index contributed by atoms with van der Waals surface area (Å²) in [6.45, 7) is 3.78. The van der Waals surface area contributed by atoms with Crippen molar-refractivity contribution >= 4 is 46.6 Å². The highest BCUT2D eigenvalue weighted by Crippen LogP contribution is 2.36. The fraction of sp³-hybridized carbons (Fsp3) is 0.200. The van der Waals surface area contributed by atoms with E-state index in [4.69, 9.17) is 21.1 Å². The first-order valence-electron chi connectivity index (χ1n) is 10.2. The largest absolute Gasteiger partial charge is 0.495 e. The zero-order valence-corrected chi connectivity index (χ0v) is 20.3. The minimum atomic E-state index is -0.386. The number of anilines is 2. The lowest BCUT2D eigenvalue weighted by atomic mass is 10.1. The van der Waals surface area contributed by atoms with E-state index in [2.05, 4.69) is 10.6 Å². The predicted molar refractivity (Wildman–Crippen MR) is 134 cm³/mol. The Balaban J connectivity index is 1.60. The molecule has 2 N–H and O–H groups in total. The number of rotatable bonds is 8. The monoisotopic (exact) mass is 484 g/mol. The summed E-state index contributed by atoms with van der Waals surface area (Å²) < 4.78 is 10.5. The number of carbonyl (C=O) groups is 2. The van der Waals surface area contributed by atoms with Gasteiger partial charge in [-0.25, -0.2) is 0 Å². The maximum atomic E-state index is 12.7. The second-order valence-electron chi connectivity index (χ2n) is 7.28. The van der Waals surface area contributed by atoms with Crippen LogP contribution in [0.5, 0.6) is 11.5 Å². The summed E-state index contributed by atoms with van der Waals surface area (Å²) in [4.78, 5) is 26.0. The van der Waals surface area contributed by atoms with Gasteiger partial charge in [0, 0.05) is 22.2 Å². The lowest BCUT2D eigenvalue weighted by Gasteiger charge is -2.16. The van der Waals surface area contributed by atoms with Crippen molar-refractivity contribution in [1.82, 2.24) is 0 Å². The summed E-state index contributed by atoms with van der Waals surface area (Å²) in [5.41, 5.74) is 2.84. The molecule has 0 bridgehead atoms. The van der Waals surface area contributed by atoms with Crippen molar-refractivity contribution < 1.29 is 19.1 Å². The number of benzene rings is 3. The molecule has 0 radical (unpaired) electrons. The van der Waals surface area contributed by atoms with E-state index >= 15 is 0 Å². The van der Waals surface area contributed by atoms with Gasteiger partial charge in [0.05, 0.1) is 30.2 Å². The van der Waals surface area contributed by atoms with Crippen molar-refractivity contribution in [2.75, 3.05) is 24.9 Å². The average molecular weight is 485 g/mol. The minimum absolute atomic E-state index is 0.171. The lowest BCUT2D eigenvalue weighted by Crippen LogP contribution is -2.22. The number of hydrogen-bond acceptors (Lipinski definition) is 5. The van der Waals surface area contributed by atoms with E-state index in [9.17, 15) is 9.59 Å². The summed E-state index contributed by atoms with van der Waals surface area (Å²) in [6, 6.07) is 18.0. The lowest BCUT2D eigenvalue weighted by molar-refractivity contribution is -0.115. The van der Waals surface area contributed by atoms with Crippen LogP contribution in [0.25, 0.3) is 0 Å². The zero-order valence-electron chi connectivity index (χ0n) is 18.8. The number of amides is 2. The Kier molecular flexibility index (Phi) is 8.25. The third kappa shape index (κ3) is 6.43. The third-order valence-electron chi connectivity index (χ3n) is 4.84. The van der Waals surface area contributed by atoms with Crippen molar-refractivity contribution in [2.24, 2.45) is 0 Å². The second-order valence-corrected chi connectivity index (χ2v) is 9.10. The molecule has 0 aliphatic rings. The van der Waals surface area contributed by atoms with Crippen molar-refractivity contribution in [1.29, 1.82) is 0 Å². The Labute approximate surface area is 202 Å². The fourth-order valence-corrected chi connectivity index (χ4v) is 4.08. The third-order valence-corrected chi connectivity index (χ3v) is 6.25. The van der Waals surface area contributed by atoms with Gasteiger partial charge in [0.15, 0.2) is 0 Å². The molecule has 0 aliphatic heterocycles. The van der Waals surface area contributed by atoms with Crippen LogP contribution < -0.4 is 20.1 Å². The van der Waals surface area contributed by atoms with Gasteiger partial charge in [-0.3, -0.25) is 9.59 Å². The van der Waals surface area contributed by atoms with Gasteiger partial charge in [-0.1, -0.05) is 29.3 Å². The van der Waals surface area contributed by atoms with Crippen molar-refractivity contribution in [3.05, 3.63) is 76.8 Å². The topological polar surface area (TPSA) is 76.7 Å². The molecule has 3 rings (SSSR count). The van der Waals surface area contributed by atoms with Gasteiger partial charge in [-0.15, -0.1) is 11.8 Å². The number of ether oxygens (including phenoxy) is 2. The number of nitrogens with one attached hydrogen (secondary N) is 2. The number of thioether (sulfide) groups is 1. The Hall–Kier alpha value is -3.16. The second kappa shape index (κ2) is 11.1. The molecule has 33 heavy (non-hydrogen) atoms. The first-order valence-corrected chi connectivity index (χ1v) is 11.4. The Bertz CT molecular complexity index is 1130. The number of halogens is 1. The molecule has 3 aromatic rings. The number of aryl methyl sites for hydroxylation is 1. The van der Waals surface area contributed by atoms with Crippen LogP contribution in [0.1, 0.15) is 22.8 Å². The fourth-order valence-electron chi connectivity index (χ4n) is 2.97. The summed E-state index contributed by atoms with van der Waals surface area (Å²) >= 11 is 7.58. The Morgan fingerprint density at radius 1 is 0.909 bits per heavy atom. The van der Waals surface area contributed by atoms with Crippen LogP contribution in [0.15, 0.2) is 65.6 Å². The van der Waals surface area contributed by atoms with Gasteiger partial charge in [-0.2, -0.15) is 0 Å². The summed E-state index contributed by atoms with van der Waals surface area (Å²) in [5, 5.41) is 5.72. The average Bonchev–Trinajstić information content (AvgIpc) is 2.81. The van der Waals surface area contributed by atoms with Gasteiger partial charge in [0.25, 0.3) is 5.91 Å². The number of methoxy groups -OCH3 is 2. The van der Waals surface area contributed by atoms with Gasteiger partial charge in [0.1, 0.15) is 11.5 Å². The van der Waals surface area contributed by atoms with E-state index in [-0.39, 0.29) is 17.1 Å². The van der Waals surface area contributed by atoms with Gasteiger partial charge < -0.3 is 20.1 Å². The molecule has 6 nitrogen and oxygen atoms in total. The highest BCUT2D eigenvalue weighted by atomic mass is 35.5. The minimum Gasteiger partial charge on any atom is -0.495 e. The number of carbonyl (C=O) groups excluding carboxylic acids is 2. The maximum absolute atomic E-state index is 12.7. The molecular weight excluding hydrogens is 460 g/mol. The van der Waals surface area contributed by atoms with Crippen molar-refractivity contribution in [3.63, 3.8) is 0 Å². The Morgan fingerprint density at radius 2 is 1.55 bits per heavy atom. The van der Waals surface area contributed by atoms with E-state index in [1.165, 1.54) is 26.0 Å². The van der Waals surface area contributed by atoms with Crippen LogP contribution in [-0.4, -0.2) is 31.3 Å². The van der Waals surface area contributed by atoms with E-state index in [0.717, 1.165) is 10.5 Å². The van der Waals surface area contributed by atoms with Gasteiger partial charge >= 0.3 is 0 Å². The summed E-state index contributed by atoms with van der Waals surface area (Å²) in [6.07, 6.45) is 0. The van der Waals surface area contributed by atoms with Crippen LogP contribution in [0.4, 0.5) is 11.4 Å². The van der Waals surface area contributed by atoms with Crippen molar-refractivity contribution in [3.8, 4) is 11.5 Å². The maximum Gasteiger partial charge on any atom is 0.255 e. The molecule has 0 saturated carbocycles. The molecule has 0 spiro atoms. The predicted octanol–water partition coefficient (Wildman–Crippen LogP) is 6.04. The van der Waals surface area contributed by atoms with Crippen LogP contribution in [-0.2, 0) is 4.79 Å². The zero-order chi connectivity index (χ0) is 24.0. The molecule has 0 heterocycles. The molecule has 0 saturated heterocycles. The molecule has 172 valence electrons. The molecule has 0 fully saturated rings. The summed E-state index contributed by atoms with van der Waals surface area (Å²) in [5.74, 6) is 0.547. The summed E-state index contributed by atoms with van der Waals surface area (Å²) in [7, 11) is 3.02. The van der Waals surface area contributed by atoms with Crippen LogP contribution >= 0.6 is 23.4 Å². The molecule has 8 heteroatoms. The molecular formula is C25H25ClN2O4S. The first kappa shape index (κ1) is 24.5.